The van der Waals surface area contributed by atoms with Crippen molar-refractivity contribution in [2.75, 3.05) is 0 Å². The molecule has 2 aromatic rings. The van der Waals surface area contributed by atoms with E-state index < -0.39 is 35.7 Å². The van der Waals surface area contributed by atoms with Gasteiger partial charge in [0.05, 0.1) is 22.7 Å². The monoisotopic (exact) mass is 379 g/mol. The van der Waals surface area contributed by atoms with E-state index in [1.807, 2.05) is 0 Å². The van der Waals surface area contributed by atoms with Gasteiger partial charge in [0.25, 0.3) is 11.8 Å². The molecule has 27 heavy (non-hydrogen) atoms. The number of nitrogens with one attached hydrogen (secondary N) is 1. The average molecular weight is 379 g/mol. The van der Waals surface area contributed by atoms with Gasteiger partial charge < -0.3 is 9.82 Å². The summed E-state index contributed by atoms with van der Waals surface area (Å²) in [4.78, 5) is 47.5. The van der Waals surface area contributed by atoms with Crippen molar-refractivity contribution in [3.8, 4) is 0 Å². The molecule has 0 fully saturated rings. The number of aryl methyl sites for hydroxylation is 1. The van der Waals surface area contributed by atoms with E-state index in [-0.39, 0.29) is 41.8 Å². The molecule has 1 aliphatic heterocycles. The quantitative estimate of drug-likeness (QED) is 0.809. The summed E-state index contributed by atoms with van der Waals surface area (Å²) in [7, 11) is 0. The third kappa shape index (κ3) is 2.86. The van der Waals surface area contributed by atoms with Crippen LogP contribution in [0.4, 0.5) is 13.2 Å². The van der Waals surface area contributed by atoms with Crippen molar-refractivity contribution >= 4 is 17.8 Å². The summed E-state index contributed by atoms with van der Waals surface area (Å²) >= 11 is 0. The summed E-state index contributed by atoms with van der Waals surface area (Å²) in [6.45, 7) is 0. The molecule has 1 aliphatic carbocycles. The summed E-state index contributed by atoms with van der Waals surface area (Å²) in [5, 5.41) is 0.399. The number of amides is 2. The molecule has 0 bridgehead atoms. The molecule has 1 aromatic heterocycles. The maximum atomic E-state index is 12.7. The van der Waals surface area contributed by atoms with E-state index in [1.165, 1.54) is 12.1 Å². The van der Waals surface area contributed by atoms with Gasteiger partial charge in [-0.2, -0.15) is 13.2 Å². The lowest BCUT2D eigenvalue weighted by Crippen LogP contribution is -2.36. The Labute approximate surface area is 150 Å². The number of carbonyl (C=O) groups is 3. The van der Waals surface area contributed by atoms with Crippen LogP contribution in [0.15, 0.2) is 24.3 Å². The van der Waals surface area contributed by atoms with Crippen LogP contribution in [-0.4, -0.2) is 32.8 Å². The smallest absolute Gasteiger partial charge is 0.338 e. The van der Waals surface area contributed by atoms with Crippen molar-refractivity contribution in [3.05, 3.63) is 52.6 Å². The fourth-order valence-electron chi connectivity index (χ4n) is 3.23. The number of benzene rings is 1. The Hall–Kier alpha value is -3.17. The Bertz CT molecular complexity index is 932. The van der Waals surface area contributed by atoms with E-state index in [9.17, 15) is 27.6 Å². The number of alkyl halides is 3. The van der Waals surface area contributed by atoms with E-state index in [0.717, 1.165) is 0 Å². The molecule has 10 heteroatoms. The molecule has 1 atom stereocenters. The van der Waals surface area contributed by atoms with Crippen molar-refractivity contribution in [1.82, 2.24) is 15.0 Å². The highest BCUT2D eigenvalue weighted by atomic mass is 19.4. The molecule has 7 nitrogen and oxygen atoms in total. The molecule has 1 unspecified atom stereocenters. The first kappa shape index (κ1) is 17.3. The van der Waals surface area contributed by atoms with Crippen LogP contribution in [0, 0.1) is 5.92 Å². The third-order valence-corrected chi connectivity index (χ3v) is 4.58. The fourth-order valence-corrected chi connectivity index (χ4v) is 3.23. The molecular weight excluding hydrogens is 367 g/mol. The molecule has 0 saturated carbocycles. The van der Waals surface area contributed by atoms with Gasteiger partial charge in [-0.3, -0.25) is 9.59 Å². The highest BCUT2D eigenvalue weighted by molar-refractivity contribution is 6.20. The summed E-state index contributed by atoms with van der Waals surface area (Å²) in [6.07, 6.45) is -4.28. The number of aromatic amines is 1. The minimum atomic E-state index is -4.60. The number of carbonyl (C=O) groups excluding carboxylic acids is 3. The Balaban J connectivity index is 1.48. The number of aromatic nitrogens is 2. The molecule has 2 amide bonds. The molecule has 1 N–H and O–H groups in total. The van der Waals surface area contributed by atoms with Gasteiger partial charge in [-0.25, -0.2) is 9.78 Å². The maximum absolute atomic E-state index is 12.7. The first-order valence-electron chi connectivity index (χ1n) is 8.10. The zero-order chi connectivity index (χ0) is 19.3. The third-order valence-electron chi connectivity index (χ3n) is 4.58. The number of H-pyrrole nitrogens is 1. The van der Waals surface area contributed by atoms with Crippen molar-refractivity contribution in [2.24, 2.45) is 5.92 Å². The molecule has 140 valence electrons. The van der Waals surface area contributed by atoms with Gasteiger partial charge in [0.15, 0.2) is 0 Å². The molecule has 1 aromatic carbocycles. The van der Waals surface area contributed by atoms with Gasteiger partial charge in [-0.05, 0) is 25.0 Å². The van der Waals surface area contributed by atoms with Crippen molar-refractivity contribution in [3.63, 3.8) is 0 Å². The number of fused-ring (bicyclic) bond motifs is 2. The van der Waals surface area contributed by atoms with E-state index in [4.69, 9.17) is 4.84 Å². The van der Waals surface area contributed by atoms with E-state index >= 15 is 0 Å². The Morgan fingerprint density at radius 1 is 1.19 bits per heavy atom. The predicted octanol–water partition coefficient (Wildman–Crippen LogP) is 2.29. The molecule has 4 rings (SSSR count). The van der Waals surface area contributed by atoms with Gasteiger partial charge >= 0.3 is 12.1 Å². The van der Waals surface area contributed by atoms with Gasteiger partial charge in [0.2, 0.25) is 5.82 Å². The van der Waals surface area contributed by atoms with Gasteiger partial charge in [0, 0.05) is 12.1 Å². The average Bonchev–Trinajstić information content (AvgIpc) is 3.17. The maximum Gasteiger partial charge on any atom is 0.449 e. The van der Waals surface area contributed by atoms with Crippen molar-refractivity contribution < 1.29 is 32.4 Å². The number of hydrogen-bond donors (Lipinski definition) is 1. The van der Waals surface area contributed by atoms with Crippen molar-refractivity contribution in [1.29, 1.82) is 0 Å². The van der Waals surface area contributed by atoms with Crippen LogP contribution in [0.2, 0.25) is 0 Å². The SMILES string of the molecule is O=C(ON1C(=O)c2ccccc2C1=O)C1CCc2nc(C(F)(F)F)[nH]c2C1. The number of nitrogens with zero attached hydrogens (tertiary/aromatic N) is 2. The molecule has 0 saturated heterocycles. The lowest BCUT2D eigenvalue weighted by Gasteiger charge is -2.21. The van der Waals surface area contributed by atoms with Crippen LogP contribution < -0.4 is 0 Å². The molecule has 0 spiro atoms. The first-order chi connectivity index (χ1) is 12.8. The highest BCUT2D eigenvalue weighted by Gasteiger charge is 2.41. The number of rotatable bonds is 2. The molecular formula is C17H12F3N3O4. The lowest BCUT2D eigenvalue weighted by molar-refractivity contribution is -0.174. The van der Waals surface area contributed by atoms with E-state index in [1.54, 1.807) is 12.1 Å². The minimum Gasteiger partial charge on any atom is -0.338 e. The number of hydrogen-bond acceptors (Lipinski definition) is 5. The topological polar surface area (TPSA) is 92.4 Å². The summed E-state index contributed by atoms with van der Waals surface area (Å²) in [5.41, 5.74) is 0.722. The number of hydroxylamine groups is 2. The van der Waals surface area contributed by atoms with Gasteiger partial charge in [-0.1, -0.05) is 17.2 Å². The summed E-state index contributed by atoms with van der Waals surface area (Å²) < 4.78 is 38.2. The Morgan fingerprint density at radius 2 is 1.81 bits per heavy atom. The lowest BCUT2D eigenvalue weighted by atomic mass is 9.90. The van der Waals surface area contributed by atoms with Crippen LogP contribution in [0.1, 0.15) is 44.3 Å². The van der Waals surface area contributed by atoms with E-state index in [2.05, 4.69) is 9.97 Å². The summed E-state index contributed by atoms with van der Waals surface area (Å²) in [5.74, 6) is -4.24. The number of imidazole rings is 1. The van der Waals surface area contributed by atoms with Crippen LogP contribution in [0.25, 0.3) is 0 Å². The van der Waals surface area contributed by atoms with Crippen molar-refractivity contribution in [2.45, 2.75) is 25.4 Å². The van der Waals surface area contributed by atoms with Gasteiger partial charge in [-0.15, -0.1) is 0 Å². The largest absolute Gasteiger partial charge is 0.449 e. The first-order valence-corrected chi connectivity index (χ1v) is 8.10. The molecule has 0 radical (unpaired) electrons. The Morgan fingerprint density at radius 3 is 2.41 bits per heavy atom. The van der Waals surface area contributed by atoms with Gasteiger partial charge in [0.1, 0.15) is 0 Å². The van der Waals surface area contributed by atoms with Crippen LogP contribution >= 0.6 is 0 Å². The number of halogens is 3. The van der Waals surface area contributed by atoms with E-state index in [0.29, 0.717) is 5.06 Å². The van der Waals surface area contributed by atoms with Crippen LogP contribution in [0.3, 0.4) is 0 Å². The molecule has 2 aliphatic rings. The minimum absolute atomic E-state index is 0.0413. The Kier molecular flexibility index (Phi) is 3.79. The molecule has 2 heterocycles. The standard InChI is InChI=1S/C17H12F3N3O4/c18-17(19,20)16-21-11-6-5-8(7-12(11)22-16)15(26)27-23-13(24)9-3-1-2-4-10(9)14(23)25/h1-4,8H,5-7H2,(H,21,22). The highest BCUT2D eigenvalue weighted by Crippen LogP contribution is 2.32. The zero-order valence-corrected chi connectivity index (χ0v) is 13.7. The second-order valence-corrected chi connectivity index (χ2v) is 6.31. The fraction of sp³-hybridized carbons (Fsp3) is 0.294. The van der Waals surface area contributed by atoms with Crippen LogP contribution in [-0.2, 0) is 28.7 Å². The second-order valence-electron chi connectivity index (χ2n) is 6.31. The zero-order valence-electron chi connectivity index (χ0n) is 13.7. The van der Waals surface area contributed by atoms with Crippen LogP contribution in [0.5, 0.6) is 0 Å². The predicted molar refractivity (Wildman–Crippen MR) is 82.1 cm³/mol. The number of imide groups is 1. The second kappa shape index (κ2) is 5.93. The summed E-state index contributed by atoms with van der Waals surface area (Å²) in [6, 6.07) is 6.04. The normalized spacial score (nSPS) is 19.1.